The molecule has 6 rings (SSSR count). The molecule has 0 radical (unpaired) electrons. The first-order chi connectivity index (χ1) is 20.5. The third kappa shape index (κ3) is 5.45. The normalized spacial score (nSPS) is 11.3. The maximum Gasteiger partial charge on any atom is 0.330 e. The highest BCUT2D eigenvalue weighted by atomic mass is 16.5. The van der Waals surface area contributed by atoms with Crippen molar-refractivity contribution in [2.24, 2.45) is 0 Å². The number of aryl methyl sites for hydroxylation is 1. The van der Waals surface area contributed by atoms with Crippen LogP contribution < -0.4 is 5.32 Å². The van der Waals surface area contributed by atoms with Gasteiger partial charge in [-0.2, -0.15) is 0 Å². The number of amides is 1. The highest BCUT2D eigenvalue weighted by molar-refractivity contribution is 6.09. The molecule has 5 aromatic carbocycles. The maximum absolute atomic E-state index is 13.2. The number of carbonyl (C=O) groups excluding carboxylic acids is 2. The van der Waals surface area contributed by atoms with Crippen LogP contribution in [0, 0.1) is 6.92 Å². The monoisotopic (exact) mass is 550 g/mol. The van der Waals surface area contributed by atoms with Gasteiger partial charge in [-0.05, 0) is 77.7 Å². The van der Waals surface area contributed by atoms with Crippen LogP contribution in [0.5, 0.6) is 0 Å². The van der Waals surface area contributed by atoms with Crippen LogP contribution >= 0.6 is 0 Å². The van der Waals surface area contributed by atoms with Crippen molar-refractivity contribution in [2.75, 3.05) is 7.11 Å². The van der Waals surface area contributed by atoms with Crippen LogP contribution in [0.4, 0.5) is 0 Å². The fourth-order valence-electron chi connectivity index (χ4n) is 5.27. The summed E-state index contributed by atoms with van der Waals surface area (Å²) in [5.74, 6) is -0.645. The summed E-state index contributed by atoms with van der Waals surface area (Å²) < 4.78 is 7.03. The van der Waals surface area contributed by atoms with Gasteiger partial charge in [0.25, 0.3) is 5.91 Å². The summed E-state index contributed by atoms with van der Waals surface area (Å²) in [5, 5.41) is 5.44. The number of nitrogens with one attached hydrogen (secondary N) is 1. The smallest absolute Gasteiger partial charge is 0.330 e. The van der Waals surface area contributed by atoms with Crippen LogP contribution in [0.3, 0.4) is 0 Å². The Morgan fingerprint density at radius 1 is 0.762 bits per heavy atom. The lowest BCUT2D eigenvalue weighted by atomic mass is 9.98. The van der Waals surface area contributed by atoms with E-state index in [0.29, 0.717) is 12.1 Å². The molecular formula is C37H30N2O3. The number of ether oxygens (including phenoxy) is 1. The molecule has 1 amide bonds. The van der Waals surface area contributed by atoms with E-state index in [1.54, 1.807) is 12.1 Å². The van der Waals surface area contributed by atoms with E-state index in [4.69, 9.17) is 4.74 Å². The van der Waals surface area contributed by atoms with Gasteiger partial charge >= 0.3 is 5.97 Å². The molecule has 6 aromatic rings. The molecule has 0 spiro atoms. The number of hydrogen-bond acceptors (Lipinski definition) is 3. The number of esters is 1. The van der Waals surface area contributed by atoms with Gasteiger partial charge in [-0.25, -0.2) is 4.79 Å². The summed E-state index contributed by atoms with van der Waals surface area (Å²) >= 11 is 0. The second-order valence-electron chi connectivity index (χ2n) is 10.3. The minimum Gasteiger partial charge on any atom is -0.466 e. The molecule has 1 heterocycles. The van der Waals surface area contributed by atoms with Crippen LogP contribution in [0.2, 0.25) is 0 Å². The Balaban J connectivity index is 1.35. The van der Waals surface area contributed by atoms with Crippen molar-refractivity contribution in [3.05, 3.63) is 144 Å². The van der Waals surface area contributed by atoms with Crippen molar-refractivity contribution in [1.82, 2.24) is 9.88 Å². The molecule has 5 nitrogen and oxygen atoms in total. The molecule has 0 aliphatic carbocycles. The number of para-hydroxylation sites is 2. The van der Waals surface area contributed by atoms with Gasteiger partial charge in [0.05, 0.1) is 18.1 Å². The molecule has 0 aliphatic rings. The lowest BCUT2D eigenvalue weighted by Gasteiger charge is -2.12. The first-order valence-electron chi connectivity index (χ1n) is 13.8. The van der Waals surface area contributed by atoms with Gasteiger partial charge in [-0.3, -0.25) is 4.79 Å². The zero-order chi connectivity index (χ0) is 29.1. The summed E-state index contributed by atoms with van der Waals surface area (Å²) in [6, 6.07) is 38.9. The Bertz CT molecular complexity index is 1900. The lowest BCUT2D eigenvalue weighted by Crippen LogP contribution is -2.22. The Hall–Kier alpha value is -5.42. The van der Waals surface area contributed by atoms with Gasteiger partial charge in [0.1, 0.15) is 0 Å². The van der Waals surface area contributed by atoms with Crippen molar-refractivity contribution < 1.29 is 14.3 Å². The van der Waals surface area contributed by atoms with Crippen LogP contribution in [-0.4, -0.2) is 23.6 Å². The Labute approximate surface area is 244 Å². The molecule has 0 atom stereocenters. The van der Waals surface area contributed by atoms with Crippen molar-refractivity contribution in [2.45, 2.75) is 13.5 Å². The largest absolute Gasteiger partial charge is 0.466 e. The van der Waals surface area contributed by atoms with E-state index in [0.717, 1.165) is 39.0 Å². The number of carbonyl (C=O) groups is 2. The number of hydrogen-bond donors (Lipinski definition) is 1. The zero-order valence-electron chi connectivity index (χ0n) is 23.5. The van der Waals surface area contributed by atoms with E-state index in [9.17, 15) is 9.59 Å². The molecule has 1 N–H and O–H groups in total. The maximum atomic E-state index is 13.2. The number of aromatic nitrogens is 1. The van der Waals surface area contributed by atoms with Gasteiger partial charge in [-0.1, -0.05) is 78.4 Å². The Morgan fingerprint density at radius 2 is 1.40 bits per heavy atom. The molecule has 5 heteroatoms. The minimum atomic E-state index is -0.457. The standard InChI is InChI=1S/C37H30N2O3/c1-25-11-13-26(14-12-25)24-38-37(41)30-22-27(15-20-36(40)42-2)21-29(23-30)28-16-18-31(19-17-28)39-34-9-5-3-7-32(34)33-8-4-6-10-35(33)39/h3-23H,24H2,1-2H3,(H,38,41)/b20-15+. The van der Waals surface area contributed by atoms with Crippen molar-refractivity contribution in [3.63, 3.8) is 0 Å². The fraction of sp³-hybridized carbons (Fsp3) is 0.0811. The van der Waals surface area contributed by atoms with Crippen molar-refractivity contribution in [1.29, 1.82) is 0 Å². The average Bonchev–Trinajstić information content (AvgIpc) is 3.37. The molecule has 42 heavy (non-hydrogen) atoms. The van der Waals surface area contributed by atoms with Gasteiger partial charge in [0.15, 0.2) is 0 Å². The van der Waals surface area contributed by atoms with Crippen LogP contribution in [0.15, 0.2) is 121 Å². The van der Waals surface area contributed by atoms with E-state index < -0.39 is 5.97 Å². The van der Waals surface area contributed by atoms with E-state index in [1.165, 1.54) is 29.5 Å². The van der Waals surface area contributed by atoms with E-state index in [-0.39, 0.29) is 5.91 Å². The lowest BCUT2D eigenvalue weighted by molar-refractivity contribution is -0.134. The van der Waals surface area contributed by atoms with Gasteiger partial charge < -0.3 is 14.6 Å². The second-order valence-corrected chi connectivity index (χ2v) is 10.3. The molecular weight excluding hydrogens is 520 g/mol. The van der Waals surface area contributed by atoms with E-state index in [2.05, 4.69) is 82.7 Å². The number of rotatable bonds is 7. The topological polar surface area (TPSA) is 60.3 Å². The fourth-order valence-corrected chi connectivity index (χ4v) is 5.27. The average molecular weight is 551 g/mol. The highest BCUT2D eigenvalue weighted by Crippen LogP contribution is 2.33. The molecule has 0 saturated carbocycles. The number of methoxy groups -OCH3 is 1. The van der Waals surface area contributed by atoms with Crippen LogP contribution in [-0.2, 0) is 16.1 Å². The number of benzene rings is 5. The first kappa shape index (κ1) is 26.8. The summed E-state index contributed by atoms with van der Waals surface area (Å²) in [6.07, 6.45) is 3.02. The third-order valence-electron chi connectivity index (χ3n) is 7.44. The SMILES string of the molecule is COC(=O)/C=C/c1cc(C(=O)NCc2ccc(C)cc2)cc(-c2ccc(-n3c4ccccc4c4ccccc43)cc2)c1. The van der Waals surface area contributed by atoms with E-state index >= 15 is 0 Å². The summed E-state index contributed by atoms with van der Waals surface area (Å²) in [4.78, 5) is 25.0. The van der Waals surface area contributed by atoms with Crippen LogP contribution in [0.1, 0.15) is 27.0 Å². The molecule has 0 unspecified atom stereocenters. The summed E-state index contributed by atoms with van der Waals surface area (Å²) in [6.45, 7) is 2.46. The molecule has 1 aromatic heterocycles. The molecule has 0 bridgehead atoms. The predicted molar refractivity (Wildman–Crippen MR) is 170 cm³/mol. The van der Waals surface area contributed by atoms with Crippen LogP contribution in [0.25, 0.3) is 44.7 Å². The summed E-state index contributed by atoms with van der Waals surface area (Å²) in [5.41, 5.74) is 8.61. The predicted octanol–water partition coefficient (Wildman–Crippen LogP) is 7.88. The number of fused-ring (bicyclic) bond motifs is 3. The van der Waals surface area contributed by atoms with E-state index in [1.807, 2.05) is 43.3 Å². The van der Waals surface area contributed by atoms with Gasteiger partial charge in [0.2, 0.25) is 0 Å². The quantitative estimate of drug-likeness (QED) is 0.163. The van der Waals surface area contributed by atoms with Gasteiger partial charge in [-0.15, -0.1) is 0 Å². The van der Waals surface area contributed by atoms with Gasteiger partial charge in [0, 0.05) is 34.6 Å². The highest BCUT2D eigenvalue weighted by Gasteiger charge is 2.13. The van der Waals surface area contributed by atoms with Crippen molar-refractivity contribution >= 4 is 39.8 Å². The Morgan fingerprint density at radius 3 is 2.05 bits per heavy atom. The minimum absolute atomic E-state index is 0.188. The summed E-state index contributed by atoms with van der Waals surface area (Å²) in [7, 11) is 1.34. The number of nitrogens with zero attached hydrogens (tertiary/aromatic N) is 1. The van der Waals surface area contributed by atoms with Crippen molar-refractivity contribution in [3.8, 4) is 16.8 Å². The molecule has 0 fully saturated rings. The molecule has 0 saturated heterocycles. The first-order valence-corrected chi connectivity index (χ1v) is 13.8. The Kier molecular flexibility index (Phi) is 7.39. The third-order valence-corrected chi connectivity index (χ3v) is 7.44. The molecule has 206 valence electrons. The second kappa shape index (κ2) is 11.6. The zero-order valence-corrected chi connectivity index (χ0v) is 23.5. The molecule has 0 aliphatic heterocycles.